The van der Waals surface area contributed by atoms with Crippen LogP contribution < -0.4 is 0 Å². The lowest BCUT2D eigenvalue weighted by Gasteiger charge is -2.39. The summed E-state index contributed by atoms with van der Waals surface area (Å²) in [6, 6.07) is 4.08. The molecule has 0 amide bonds. The minimum atomic E-state index is -0.311. The maximum atomic E-state index is 12.2. The largest absolute Gasteiger partial charge is 0.469 e. The van der Waals surface area contributed by atoms with Crippen LogP contribution in [0.4, 0.5) is 0 Å². The Bertz CT molecular complexity index is 435. The van der Waals surface area contributed by atoms with Gasteiger partial charge >= 0.3 is 5.97 Å². The van der Waals surface area contributed by atoms with E-state index in [1.807, 2.05) is 24.5 Å². The van der Waals surface area contributed by atoms with E-state index >= 15 is 0 Å². The van der Waals surface area contributed by atoms with Crippen LogP contribution >= 0.6 is 0 Å². The van der Waals surface area contributed by atoms with Gasteiger partial charge in [-0.1, -0.05) is 0 Å². The average Bonchev–Trinajstić information content (AvgIpc) is 2.47. The number of nitrogens with zero attached hydrogens (tertiary/aromatic N) is 2. The number of aromatic nitrogens is 1. The molecule has 1 aromatic rings. The lowest BCUT2D eigenvalue weighted by molar-refractivity contribution is -0.156. The summed E-state index contributed by atoms with van der Waals surface area (Å²) in [4.78, 5) is 18.5. The van der Waals surface area contributed by atoms with Crippen LogP contribution in [0, 0.1) is 5.41 Å². The fourth-order valence-corrected chi connectivity index (χ4v) is 3.23. The van der Waals surface area contributed by atoms with Crippen molar-refractivity contribution < 1.29 is 9.53 Å². The Morgan fingerprint density at radius 1 is 1.45 bits per heavy atom. The van der Waals surface area contributed by atoms with Gasteiger partial charge in [-0.05, 0) is 63.4 Å². The molecule has 0 spiro atoms. The van der Waals surface area contributed by atoms with Crippen molar-refractivity contribution in [2.24, 2.45) is 5.41 Å². The van der Waals surface area contributed by atoms with Gasteiger partial charge in [0, 0.05) is 18.9 Å². The molecule has 110 valence electrons. The minimum Gasteiger partial charge on any atom is -0.469 e. The van der Waals surface area contributed by atoms with E-state index in [1.54, 1.807) is 0 Å². The molecule has 0 saturated carbocycles. The van der Waals surface area contributed by atoms with Crippen LogP contribution in [0.25, 0.3) is 0 Å². The van der Waals surface area contributed by atoms with Gasteiger partial charge < -0.3 is 9.64 Å². The first-order chi connectivity index (χ1) is 9.66. The maximum Gasteiger partial charge on any atom is 0.313 e. The molecule has 0 bridgehead atoms. The third-order valence-electron chi connectivity index (χ3n) is 4.26. The first-order valence-corrected chi connectivity index (χ1v) is 7.32. The van der Waals surface area contributed by atoms with Gasteiger partial charge in [-0.25, -0.2) is 0 Å². The van der Waals surface area contributed by atoms with Gasteiger partial charge in [0.2, 0.25) is 0 Å². The van der Waals surface area contributed by atoms with E-state index in [1.165, 1.54) is 12.7 Å². The van der Waals surface area contributed by atoms with Crippen LogP contribution in [0.3, 0.4) is 0 Å². The summed E-state index contributed by atoms with van der Waals surface area (Å²) < 4.78 is 5.07. The topological polar surface area (TPSA) is 42.4 Å². The van der Waals surface area contributed by atoms with Crippen LogP contribution in [-0.2, 0) is 16.0 Å². The molecular weight excluding hydrogens is 252 g/mol. The second-order valence-electron chi connectivity index (χ2n) is 5.82. The summed E-state index contributed by atoms with van der Waals surface area (Å²) in [7, 11) is 3.58. The van der Waals surface area contributed by atoms with Crippen molar-refractivity contribution >= 4 is 5.97 Å². The van der Waals surface area contributed by atoms with Crippen molar-refractivity contribution in [2.75, 3.05) is 27.2 Å². The number of methoxy groups -OCH3 is 1. The molecule has 1 fully saturated rings. The zero-order valence-corrected chi connectivity index (χ0v) is 12.5. The number of esters is 1. The van der Waals surface area contributed by atoms with Crippen molar-refractivity contribution in [1.29, 1.82) is 0 Å². The van der Waals surface area contributed by atoms with Crippen LogP contribution in [-0.4, -0.2) is 43.1 Å². The standard InChI is InChI=1S/C16H24N2O2/c1-18-12-4-9-16(13-18,15(19)20-2)8-3-5-14-6-10-17-11-7-14/h6-7,10-11H,3-5,8-9,12-13H2,1-2H3. The Kier molecular flexibility index (Phi) is 5.12. The summed E-state index contributed by atoms with van der Waals surface area (Å²) in [5.41, 5.74) is 0.971. The first kappa shape index (κ1) is 15.0. The van der Waals surface area contributed by atoms with Gasteiger partial charge in [0.15, 0.2) is 0 Å². The quantitative estimate of drug-likeness (QED) is 0.774. The molecule has 1 atom stereocenters. The zero-order valence-electron chi connectivity index (χ0n) is 12.5. The number of carbonyl (C=O) groups excluding carboxylic acids is 1. The van der Waals surface area contributed by atoms with Crippen LogP contribution in [0.2, 0.25) is 0 Å². The molecule has 1 aromatic heterocycles. The molecule has 1 aliphatic heterocycles. The van der Waals surface area contributed by atoms with Gasteiger partial charge in [0.05, 0.1) is 12.5 Å². The molecule has 1 saturated heterocycles. The number of piperidine rings is 1. The molecule has 0 aromatic carbocycles. The summed E-state index contributed by atoms with van der Waals surface area (Å²) in [6.45, 7) is 1.89. The van der Waals surface area contributed by atoms with Gasteiger partial charge in [-0.3, -0.25) is 9.78 Å². The second kappa shape index (κ2) is 6.84. The number of aryl methyl sites for hydroxylation is 1. The lowest BCUT2D eigenvalue weighted by Crippen LogP contribution is -2.46. The number of ether oxygens (including phenoxy) is 1. The lowest BCUT2D eigenvalue weighted by atomic mass is 9.75. The highest BCUT2D eigenvalue weighted by Crippen LogP contribution is 2.36. The molecule has 2 rings (SSSR count). The van der Waals surface area contributed by atoms with Crippen LogP contribution in [0.5, 0.6) is 0 Å². The minimum absolute atomic E-state index is 0.0428. The molecule has 4 heteroatoms. The van der Waals surface area contributed by atoms with Gasteiger partial charge in [0.25, 0.3) is 0 Å². The van der Waals surface area contributed by atoms with E-state index in [2.05, 4.69) is 16.9 Å². The summed E-state index contributed by atoms with van der Waals surface area (Å²) in [6.07, 6.45) is 8.55. The highest BCUT2D eigenvalue weighted by Gasteiger charge is 2.41. The van der Waals surface area contributed by atoms with Crippen molar-refractivity contribution in [1.82, 2.24) is 9.88 Å². The SMILES string of the molecule is COC(=O)C1(CCCc2ccncc2)CCCN(C)C1. The molecule has 1 unspecified atom stereocenters. The molecule has 0 radical (unpaired) electrons. The van der Waals surface area contributed by atoms with E-state index in [0.717, 1.165) is 45.2 Å². The molecule has 20 heavy (non-hydrogen) atoms. The number of rotatable bonds is 5. The van der Waals surface area contributed by atoms with Crippen molar-refractivity contribution in [3.8, 4) is 0 Å². The Morgan fingerprint density at radius 2 is 2.20 bits per heavy atom. The van der Waals surface area contributed by atoms with E-state index in [9.17, 15) is 4.79 Å². The smallest absolute Gasteiger partial charge is 0.313 e. The summed E-state index contributed by atoms with van der Waals surface area (Å²) in [5.74, 6) is -0.0428. The molecule has 1 aliphatic rings. The number of hydrogen-bond donors (Lipinski definition) is 0. The zero-order chi connectivity index (χ0) is 14.4. The molecular formula is C16H24N2O2. The average molecular weight is 276 g/mol. The maximum absolute atomic E-state index is 12.2. The highest BCUT2D eigenvalue weighted by atomic mass is 16.5. The molecule has 2 heterocycles. The van der Waals surface area contributed by atoms with E-state index in [4.69, 9.17) is 4.74 Å². The van der Waals surface area contributed by atoms with Crippen molar-refractivity contribution in [2.45, 2.75) is 32.1 Å². The third-order valence-corrected chi connectivity index (χ3v) is 4.26. The van der Waals surface area contributed by atoms with Gasteiger partial charge in [-0.2, -0.15) is 0 Å². The van der Waals surface area contributed by atoms with E-state index < -0.39 is 0 Å². The Labute approximate surface area is 121 Å². The Balaban J connectivity index is 1.96. The van der Waals surface area contributed by atoms with Crippen LogP contribution in [0.15, 0.2) is 24.5 Å². The fraction of sp³-hybridized carbons (Fsp3) is 0.625. The van der Waals surface area contributed by atoms with E-state index in [-0.39, 0.29) is 11.4 Å². The van der Waals surface area contributed by atoms with Crippen molar-refractivity contribution in [3.63, 3.8) is 0 Å². The normalized spacial score (nSPS) is 23.5. The van der Waals surface area contributed by atoms with E-state index in [0.29, 0.717) is 0 Å². The molecule has 0 N–H and O–H groups in total. The highest BCUT2D eigenvalue weighted by molar-refractivity contribution is 5.77. The Morgan fingerprint density at radius 3 is 2.85 bits per heavy atom. The van der Waals surface area contributed by atoms with Gasteiger partial charge in [0.1, 0.15) is 0 Å². The molecule has 4 nitrogen and oxygen atoms in total. The third kappa shape index (κ3) is 3.57. The summed E-state index contributed by atoms with van der Waals surface area (Å²) in [5, 5.41) is 0. The van der Waals surface area contributed by atoms with Crippen LogP contribution in [0.1, 0.15) is 31.2 Å². The predicted molar refractivity (Wildman–Crippen MR) is 78.4 cm³/mol. The van der Waals surface area contributed by atoms with Gasteiger partial charge in [-0.15, -0.1) is 0 Å². The number of carbonyl (C=O) groups is 1. The number of hydrogen-bond acceptors (Lipinski definition) is 4. The Hall–Kier alpha value is -1.42. The molecule has 0 aliphatic carbocycles. The summed E-state index contributed by atoms with van der Waals surface area (Å²) >= 11 is 0. The fourth-order valence-electron chi connectivity index (χ4n) is 3.23. The van der Waals surface area contributed by atoms with Crippen molar-refractivity contribution in [3.05, 3.63) is 30.1 Å². The first-order valence-electron chi connectivity index (χ1n) is 7.32. The number of pyridine rings is 1. The second-order valence-corrected chi connectivity index (χ2v) is 5.82. The number of likely N-dealkylation sites (tertiary alicyclic amines) is 1. The monoisotopic (exact) mass is 276 g/mol. The predicted octanol–water partition coefficient (Wildman–Crippen LogP) is 2.29.